The van der Waals surface area contributed by atoms with Crippen LogP contribution < -0.4 is 0 Å². The van der Waals surface area contributed by atoms with Crippen molar-refractivity contribution in [1.82, 2.24) is 4.90 Å². The van der Waals surface area contributed by atoms with E-state index < -0.39 is 0 Å². The number of nitrogens with zero attached hydrogens (tertiary/aromatic N) is 2. The highest BCUT2D eigenvalue weighted by Gasteiger charge is 2.09. The summed E-state index contributed by atoms with van der Waals surface area (Å²) in [7, 11) is 1.86. The Morgan fingerprint density at radius 3 is 2.81 bits per heavy atom. The van der Waals surface area contributed by atoms with Gasteiger partial charge in [-0.15, -0.1) is 0 Å². The number of benzene rings is 1. The predicted octanol–water partition coefficient (Wildman–Crippen LogP) is 3.07. The van der Waals surface area contributed by atoms with Gasteiger partial charge in [0.25, 0.3) is 0 Å². The smallest absolute Gasteiger partial charge is 0.129 e. The molecule has 0 aliphatic carbocycles. The van der Waals surface area contributed by atoms with Crippen LogP contribution in [-0.2, 0) is 6.54 Å². The summed E-state index contributed by atoms with van der Waals surface area (Å²) in [4.78, 5) is 1.92. The van der Waals surface area contributed by atoms with Crippen LogP contribution in [0, 0.1) is 23.1 Å². The zero-order valence-electron chi connectivity index (χ0n) is 9.37. The lowest BCUT2D eigenvalue weighted by Crippen LogP contribution is -2.23. The molecule has 1 rings (SSSR count). The molecule has 1 unspecified atom stereocenters. The standard InChI is InChI=1S/C12H14ClFN2/c1-9(6-15)7-16(2)8-10-3-4-11(13)5-12(10)14/h3-5,9H,7-8H2,1-2H3. The monoisotopic (exact) mass is 240 g/mol. The van der Waals surface area contributed by atoms with E-state index in [1.165, 1.54) is 6.07 Å². The molecule has 0 N–H and O–H groups in total. The number of nitriles is 1. The molecule has 0 aromatic heterocycles. The van der Waals surface area contributed by atoms with E-state index in [1.807, 2.05) is 18.9 Å². The highest BCUT2D eigenvalue weighted by atomic mass is 35.5. The van der Waals surface area contributed by atoms with Gasteiger partial charge in [0.1, 0.15) is 5.82 Å². The average molecular weight is 241 g/mol. The highest BCUT2D eigenvalue weighted by molar-refractivity contribution is 6.30. The number of hydrogen-bond acceptors (Lipinski definition) is 2. The van der Waals surface area contributed by atoms with Crippen LogP contribution in [0.25, 0.3) is 0 Å². The number of rotatable bonds is 4. The molecular weight excluding hydrogens is 227 g/mol. The first-order valence-electron chi connectivity index (χ1n) is 5.05. The lowest BCUT2D eigenvalue weighted by Gasteiger charge is -2.18. The van der Waals surface area contributed by atoms with Gasteiger partial charge in [-0.1, -0.05) is 17.7 Å². The Labute approximate surface area is 100 Å². The second-order valence-electron chi connectivity index (χ2n) is 3.96. The van der Waals surface area contributed by atoms with Gasteiger partial charge in [-0.25, -0.2) is 4.39 Å². The molecule has 0 heterocycles. The molecule has 0 amide bonds. The van der Waals surface area contributed by atoms with E-state index in [-0.39, 0.29) is 11.7 Å². The summed E-state index contributed by atoms with van der Waals surface area (Å²) in [6.07, 6.45) is 0. The van der Waals surface area contributed by atoms with Gasteiger partial charge in [0, 0.05) is 23.7 Å². The van der Waals surface area contributed by atoms with Crippen molar-refractivity contribution in [2.24, 2.45) is 5.92 Å². The molecule has 1 atom stereocenters. The molecule has 86 valence electrons. The Balaban J connectivity index is 2.63. The summed E-state index contributed by atoms with van der Waals surface area (Å²) in [5.74, 6) is -0.357. The van der Waals surface area contributed by atoms with Crippen molar-refractivity contribution in [3.8, 4) is 6.07 Å². The summed E-state index contributed by atoms with van der Waals surface area (Å²) < 4.78 is 13.5. The van der Waals surface area contributed by atoms with Gasteiger partial charge < -0.3 is 4.90 Å². The first-order chi connectivity index (χ1) is 7.52. The molecule has 2 nitrogen and oxygen atoms in total. The molecule has 0 aliphatic heterocycles. The first-order valence-corrected chi connectivity index (χ1v) is 5.43. The lowest BCUT2D eigenvalue weighted by molar-refractivity contribution is 0.298. The predicted molar refractivity (Wildman–Crippen MR) is 62.5 cm³/mol. The third-order valence-corrected chi connectivity index (χ3v) is 2.50. The van der Waals surface area contributed by atoms with Crippen molar-refractivity contribution < 1.29 is 4.39 Å². The zero-order chi connectivity index (χ0) is 12.1. The van der Waals surface area contributed by atoms with E-state index in [4.69, 9.17) is 16.9 Å². The fourth-order valence-corrected chi connectivity index (χ4v) is 1.67. The molecule has 0 aliphatic rings. The Hall–Kier alpha value is -1.11. The molecule has 0 saturated carbocycles. The largest absolute Gasteiger partial charge is 0.301 e. The summed E-state index contributed by atoms with van der Waals surface area (Å²) >= 11 is 5.66. The molecule has 0 saturated heterocycles. The van der Waals surface area contributed by atoms with Gasteiger partial charge in [0.2, 0.25) is 0 Å². The van der Waals surface area contributed by atoms with Gasteiger partial charge >= 0.3 is 0 Å². The molecule has 4 heteroatoms. The van der Waals surface area contributed by atoms with Crippen LogP contribution in [0.2, 0.25) is 5.02 Å². The molecule has 1 aromatic carbocycles. The first kappa shape index (κ1) is 13.0. The molecule has 16 heavy (non-hydrogen) atoms. The molecule has 0 spiro atoms. The minimum Gasteiger partial charge on any atom is -0.301 e. The topological polar surface area (TPSA) is 27.0 Å². The summed E-state index contributed by atoms with van der Waals surface area (Å²) in [5.41, 5.74) is 0.594. The van der Waals surface area contributed by atoms with Crippen molar-refractivity contribution in [3.63, 3.8) is 0 Å². The van der Waals surface area contributed by atoms with Gasteiger partial charge in [-0.3, -0.25) is 0 Å². The maximum atomic E-state index is 13.5. The molecule has 0 bridgehead atoms. The van der Waals surface area contributed by atoms with Gasteiger partial charge in [0.15, 0.2) is 0 Å². The van der Waals surface area contributed by atoms with Crippen LogP contribution >= 0.6 is 11.6 Å². The van der Waals surface area contributed by atoms with Crippen LogP contribution in [0.5, 0.6) is 0 Å². The van der Waals surface area contributed by atoms with Crippen molar-refractivity contribution in [3.05, 3.63) is 34.6 Å². The minimum absolute atomic E-state index is 0.0552. The Kier molecular flexibility index (Phi) is 4.72. The fraction of sp³-hybridized carbons (Fsp3) is 0.417. The molecule has 1 aromatic rings. The Morgan fingerprint density at radius 2 is 2.25 bits per heavy atom. The Morgan fingerprint density at radius 1 is 1.56 bits per heavy atom. The quantitative estimate of drug-likeness (QED) is 0.809. The second kappa shape index (κ2) is 5.83. The van der Waals surface area contributed by atoms with Gasteiger partial charge in [-0.05, 0) is 26.1 Å². The Bertz CT molecular complexity index is 400. The zero-order valence-corrected chi connectivity index (χ0v) is 10.1. The van der Waals surface area contributed by atoms with Crippen molar-refractivity contribution >= 4 is 11.6 Å². The van der Waals surface area contributed by atoms with E-state index in [9.17, 15) is 4.39 Å². The van der Waals surface area contributed by atoms with Crippen LogP contribution in [0.1, 0.15) is 12.5 Å². The third kappa shape index (κ3) is 3.80. The van der Waals surface area contributed by atoms with Crippen molar-refractivity contribution in [1.29, 1.82) is 5.26 Å². The maximum absolute atomic E-state index is 13.5. The maximum Gasteiger partial charge on any atom is 0.129 e. The minimum atomic E-state index is -0.302. The average Bonchev–Trinajstić information content (AvgIpc) is 2.22. The van der Waals surface area contributed by atoms with Crippen LogP contribution in [0.3, 0.4) is 0 Å². The second-order valence-corrected chi connectivity index (χ2v) is 4.40. The van der Waals surface area contributed by atoms with Crippen LogP contribution in [0.15, 0.2) is 18.2 Å². The van der Waals surface area contributed by atoms with E-state index in [0.717, 1.165) is 0 Å². The number of hydrogen-bond donors (Lipinski definition) is 0. The SMILES string of the molecule is CC(C#N)CN(C)Cc1ccc(Cl)cc1F. The van der Waals surface area contributed by atoms with E-state index in [2.05, 4.69) is 6.07 Å². The van der Waals surface area contributed by atoms with Crippen LogP contribution in [0.4, 0.5) is 4.39 Å². The summed E-state index contributed by atoms with van der Waals surface area (Å²) in [6.45, 7) is 2.95. The van der Waals surface area contributed by atoms with E-state index >= 15 is 0 Å². The third-order valence-electron chi connectivity index (χ3n) is 2.26. The molecular formula is C12H14ClFN2. The van der Waals surface area contributed by atoms with Crippen molar-refractivity contribution in [2.75, 3.05) is 13.6 Å². The van der Waals surface area contributed by atoms with Crippen molar-refractivity contribution in [2.45, 2.75) is 13.5 Å². The molecule has 0 radical (unpaired) electrons. The van der Waals surface area contributed by atoms with Crippen LogP contribution in [-0.4, -0.2) is 18.5 Å². The summed E-state index contributed by atoms with van der Waals surface area (Å²) in [5, 5.41) is 9.07. The molecule has 0 fully saturated rings. The van der Waals surface area contributed by atoms with Gasteiger partial charge in [-0.2, -0.15) is 5.26 Å². The van der Waals surface area contributed by atoms with E-state index in [1.54, 1.807) is 12.1 Å². The lowest BCUT2D eigenvalue weighted by atomic mass is 10.1. The fourth-order valence-electron chi connectivity index (χ4n) is 1.51. The highest BCUT2D eigenvalue weighted by Crippen LogP contribution is 2.16. The number of halogens is 2. The van der Waals surface area contributed by atoms with E-state index in [0.29, 0.717) is 23.7 Å². The summed E-state index contributed by atoms with van der Waals surface area (Å²) in [6, 6.07) is 6.79. The normalized spacial score (nSPS) is 12.5. The van der Waals surface area contributed by atoms with Gasteiger partial charge in [0.05, 0.1) is 12.0 Å².